The molecule has 0 fully saturated rings. The highest BCUT2D eigenvalue weighted by Gasteiger charge is 2.06. The number of nitrogens with two attached hydrogens (primary N) is 1. The van der Waals surface area contributed by atoms with Gasteiger partial charge in [0.2, 0.25) is 0 Å². The molecule has 0 saturated carbocycles. The van der Waals surface area contributed by atoms with Crippen molar-refractivity contribution in [1.82, 2.24) is 0 Å². The normalized spacial score (nSPS) is 10.5. The topological polar surface area (TPSA) is 35.2 Å². The molecule has 0 unspecified atom stereocenters. The molecule has 0 saturated heterocycles. The third-order valence-electron chi connectivity index (χ3n) is 3.41. The van der Waals surface area contributed by atoms with Gasteiger partial charge in [0.25, 0.3) is 0 Å². The van der Waals surface area contributed by atoms with Crippen LogP contribution in [-0.2, 0) is 12.8 Å². The lowest BCUT2D eigenvalue weighted by Crippen LogP contribution is -2.07. The minimum atomic E-state index is 0.657. The van der Waals surface area contributed by atoms with Gasteiger partial charge in [0.1, 0.15) is 5.75 Å². The number of benzene rings is 2. The van der Waals surface area contributed by atoms with Gasteiger partial charge < -0.3 is 10.5 Å². The third-order valence-corrected chi connectivity index (χ3v) is 3.41. The Kier molecular flexibility index (Phi) is 5.63. The second-order valence-electron chi connectivity index (χ2n) is 5.04. The average Bonchev–Trinajstić information content (AvgIpc) is 2.47. The Hall–Kier alpha value is -1.80. The average molecular weight is 269 g/mol. The van der Waals surface area contributed by atoms with Crippen LogP contribution >= 0.6 is 0 Å². The summed E-state index contributed by atoms with van der Waals surface area (Å²) in [6, 6.07) is 16.8. The Balaban J connectivity index is 1.87. The summed E-state index contributed by atoms with van der Waals surface area (Å²) in [5, 5.41) is 0. The van der Waals surface area contributed by atoms with Crippen molar-refractivity contribution < 1.29 is 4.74 Å². The molecule has 0 aromatic heterocycles. The lowest BCUT2D eigenvalue weighted by Gasteiger charge is -2.13. The number of rotatable bonds is 7. The number of hydrogen-bond donors (Lipinski definition) is 1. The van der Waals surface area contributed by atoms with E-state index in [1.165, 1.54) is 16.7 Å². The molecule has 0 radical (unpaired) electrons. The predicted octanol–water partition coefficient (Wildman–Crippen LogP) is 3.51. The number of aryl methyl sites for hydroxylation is 2. The van der Waals surface area contributed by atoms with Crippen LogP contribution in [0.25, 0.3) is 0 Å². The van der Waals surface area contributed by atoms with Crippen molar-refractivity contribution >= 4 is 0 Å². The largest absolute Gasteiger partial charge is 0.493 e. The molecule has 0 aliphatic carbocycles. The minimum absolute atomic E-state index is 0.657. The Morgan fingerprint density at radius 3 is 2.50 bits per heavy atom. The number of ether oxygens (including phenoxy) is 1. The van der Waals surface area contributed by atoms with Gasteiger partial charge in [-0.15, -0.1) is 0 Å². The highest BCUT2D eigenvalue weighted by atomic mass is 16.5. The molecule has 0 aliphatic heterocycles. The lowest BCUT2D eigenvalue weighted by molar-refractivity contribution is 0.306. The highest BCUT2D eigenvalue weighted by molar-refractivity contribution is 5.40. The summed E-state index contributed by atoms with van der Waals surface area (Å²) in [6.45, 7) is 3.49. The first kappa shape index (κ1) is 14.6. The van der Waals surface area contributed by atoms with Gasteiger partial charge in [-0.3, -0.25) is 0 Å². The van der Waals surface area contributed by atoms with E-state index < -0.39 is 0 Å². The van der Waals surface area contributed by atoms with E-state index in [9.17, 15) is 0 Å². The fourth-order valence-electron chi connectivity index (χ4n) is 2.37. The van der Waals surface area contributed by atoms with Crippen LogP contribution in [0.3, 0.4) is 0 Å². The Morgan fingerprint density at radius 2 is 1.75 bits per heavy atom. The van der Waals surface area contributed by atoms with E-state index in [2.05, 4.69) is 49.4 Å². The van der Waals surface area contributed by atoms with E-state index in [0.717, 1.165) is 31.6 Å². The van der Waals surface area contributed by atoms with Crippen molar-refractivity contribution in [2.75, 3.05) is 13.2 Å². The molecule has 106 valence electrons. The highest BCUT2D eigenvalue weighted by Crippen LogP contribution is 2.24. The van der Waals surface area contributed by atoms with Crippen LogP contribution < -0.4 is 10.5 Å². The maximum atomic E-state index is 5.99. The van der Waals surface area contributed by atoms with Crippen LogP contribution in [-0.4, -0.2) is 13.2 Å². The van der Waals surface area contributed by atoms with E-state index in [-0.39, 0.29) is 0 Å². The Bertz CT molecular complexity index is 522. The number of para-hydroxylation sites is 1. The summed E-state index contributed by atoms with van der Waals surface area (Å²) in [5.41, 5.74) is 9.42. The zero-order chi connectivity index (χ0) is 14.2. The molecule has 2 nitrogen and oxygen atoms in total. The quantitative estimate of drug-likeness (QED) is 0.781. The van der Waals surface area contributed by atoms with Crippen molar-refractivity contribution in [2.24, 2.45) is 5.73 Å². The molecule has 0 bridgehead atoms. The summed E-state index contributed by atoms with van der Waals surface area (Å²) in [4.78, 5) is 0. The second-order valence-corrected chi connectivity index (χ2v) is 5.04. The molecule has 20 heavy (non-hydrogen) atoms. The molecule has 0 atom stereocenters. The SMILES string of the molecule is Cc1cccc(CCN)c1OCCCc1ccccc1. The summed E-state index contributed by atoms with van der Waals surface area (Å²) in [5.74, 6) is 1.02. The van der Waals surface area contributed by atoms with Crippen molar-refractivity contribution in [1.29, 1.82) is 0 Å². The fraction of sp³-hybridized carbons (Fsp3) is 0.333. The van der Waals surface area contributed by atoms with Gasteiger partial charge in [0.15, 0.2) is 0 Å². The van der Waals surface area contributed by atoms with E-state index in [4.69, 9.17) is 10.5 Å². The van der Waals surface area contributed by atoms with Crippen LogP contribution in [0, 0.1) is 6.92 Å². The van der Waals surface area contributed by atoms with E-state index in [1.807, 2.05) is 6.07 Å². The van der Waals surface area contributed by atoms with E-state index in [1.54, 1.807) is 0 Å². The van der Waals surface area contributed by atoms with Gasteiger partial charge in [-0.05, 0) is 49.4 Å². The van der Waals surface area contributed by atoms with Crippen LogP contribution in [0.15, 0.2) is 48.5 Å². The summed E-state index contributed by atoms with van der Waals surface area (Å²) in [6.07, 6.45) is 2.95. The first-order chi connectivity index (χ1) is 9.81. The second kappa shape index (κ2) is 7.71. The third kappa shape index (κ3) is 4.10. The predicted molar refractivity (Wildman–Crippen MR) is 84.2 cm³/mol. The summed E-state index contributed by atoms with van der Waals surface area (Å²) >= 11 is 0. The molecule has 2 N–H and O–H groups in total. The molecule has 0 aliphatic rings. The molecule has 0 spiro atoms. The van der Waals surface area contributed by atoms with Gasteiger partial charge in [-0.2, -0.15) is 0 Å². The molecule has 2 aromatic carbocycles. The van der Waals surface area contributed by atoms with Crippen molar-refractivity contribution in [3.63, 3.8) is 0 Å². The first-order valence-electron chi connectivity index (χ1n) is 7.26. The fourth-order valence-corrected chi connectivity index (χ4v) is 2.37. The van der Waals surface area contributed by atoms with Gasteiger partial charge >= 0.3 is 0 Å². The minimum Gasteiger partial charge on any atom is -0.493 e. The van der Waals surface area contributed by atoms with Gasteiger partial charge in [0.05, 0.1) is 6.61 Å². The monoisotopic (exact) mass is 269 g/mol. The van der Waals surface area contributed by atoms with Crippen LogP contribution in [0.4, 0.5) is 0 Å². The molecular formula is C18H23NO. The standard InChI is InChI=1S/C18H23NO/c1-15-7-5-11-17(12-13-19)18(15)20-14-6-10-16-8-3-2-4-9-16/h2-5,7-9,11H,6,10,12-14,19H2,1H3. The zero-order valence-electron chi connectivity index (χ0n) is 12.1. The molecule has 0 amide bonds. The van der Waals surface area contributed by atoms with Crippen LogP contribution in [0.2, 0.25) is 0 Å². The van der Waals surface area contributed by atoms with Crippen LogP contribution in [0.1, 0.15) is 23.1 Å². The van der Waals surface area contributed by atoms with E-state index in [0.29, 0.717) is 6.54 Å². The Labute approximate surface area is 121 Å². The van der Waals surface area contributed by atoms with Crippen molar-refractivity contribution in [3.05, 3.63) is 65.2 Å². The van der Waals surface area contributed by atoms with E-state index >= 15 is 0 Å². The van der Waals surface area contributed by atoms with Crippen molar-refractivity contribution in [3.8, 4) is 5.75 Å². The van der Waals surface area contributed by atoms with Gasteiger partial charge in [-0.25, -0.2) is 0 Å². The summed E-state index contributed by atoms with van der Waals surface area (Å²) in [7, 11) is 0. The van der Waals surface area contributed by atoms with Crippen molar-refractivity contribution in [2.45, 2.75) is 26.2 Å². The van der Waals surface area contributed by atoms with Gasteiger partial charge in [0, 0.05) is 0 Å². The smallest absolute Gasteiger partial charge is 0.125 e. The maximum absolute atomic E-state index is 5.99. The Morgan fingerprint density at radius 1 is 0.950 bits per heavy atom. The molecular weight excluding hydrogens is 246 g/mol. The van der Waals surface area contributed by atoms with Crippen LogP contribution in [0.5, 0.6) is 5.75 Å². The molecule has 2 heteroatoms. The maximum Gasteiger partial charge on any atom is 0.125 e. The molecule has 2 aromatic rings. The first-order valence-corrected chi connectivity index (χ1v) is 7.26. The molecule has 0 heterocycles. The zero-order valence-corrected chi connectivity index (χ0v) is 12.1. The molecule has 2 rings (SSSR count). The van der Waals surface area contributed by atoms with Gasteiger partial charge in [-0.1, -0.05) is 48.5 Å². The summed E-state index contributed by atoms with van der Waals surface area (Å²) < 4.78 is 5.99. The number of hydrogen-bond acceptors (Lipinski definition) is 2. The lowest BCUT2D eigenvalue weighted by atomic mass is 10.1.